The highest BCUT2D eigenvalue weighted by Crippen LogP contribution is 2.37. The second-order valence-electron chi connectivity index (χ2n) is 9.36. The number of amides is 1. The summed E-state index contributed by atoms with van der Waals surface area (Å²) in [6.45, 7) is 7.71. The maximum absolute atomic E-state index is 13.5. The molecule has 0 saturated carbocycles. The smallest absolute Gasteiger partial charge is 0.316 e. The summed E-state index contributed by atoms with van der Waals surface area (Å²) in [6.07, 6.45) is 2.13. The van der Waals surface area contributed by atoms with Gasteiger partial charge in [0, 0.05) is 25.6 Å². The van der Waals surface area contributed by atoms with Gasteiger partial charge in [-0.25, -0.2) is 0 Å². The molecule has 3 heterocycles. The molecule has 2 aromatic carbocycles. The van der Waals surface area contributed by atoms with E-state index < -0.39 is 5.56 Å². The predicted octanol–water partition coefficient (Wildman–Crippen LogP) is 4.27. The van der Waals surface area contributed by atoms with Crippen LogP contribution in [-0.4, -0.2) is 46.3 Å². The lowest BCUT2D eigenvalue weighted by atomic mass is 9.97. The van der Waals surface area contributed by atoms with Gasteiger partial charge in [0.05, 0.1) is 6.61 Å². The van der Waals surface area contributed by atoms with Crippen molar-refractivity contribution in [3.8, 4) is 28.4 Å². The second kappa shape index (κ2) is 10.0. The number of fused-ring (bicyclic) bond motifs is 2. The highest BCUT2D eigenvalue weighted by Gasteiger charge is 2.33. The van der Waals surface area contributed by atoms with E-state index in [1.165, 1.54) is 0 Å². The topological polar surface area (TPSA) is 82.9 Å². The molecular weight excluding hydrogens is 458 g/mol. The van der Waals surface area contributed by atoms with Crippen LogP contribution in [-0.2, 0) is 13.0 Å². The highest BCUT2D eigenvalue weighted by atomic mass is 16.7. The number of hydrogen-bond donors (Lipinski definition) is 0. The molecule has 8 heteroatoms. The number of carbonyl (C=O) groups excluding carboxylic acids is 1. The van der Waals surface area contributed by atoms with Gasteiger partial charge in [-0.05, 0) is 49.1 Å². The van der Waals surface area contributed by atoms with E-state index in [-0.39, 0.29) is 24.5 Å². The van der Waals surface area contributed by atoms with E-state index >= 15 is 0 Å². The first-order chi connectivity index (χ1) is 17.5. The van der Waals surface area contributed by atoms with Gasteiger partial charge in [0.15, 0.2) is 17.2 Å². The molecule has 2 aliphatic rings. The van der Waals surface area contributed by atoms with Gasteiger partial charge in [-0.2, -0.15) is 4.98 Å². The van der Waals surface area contributed by atoms with Crippen molar-refractivity contribution in [2.45, 2.75) is 52.6 Å². The van der Waals surface area contributed by atoms with Crippen molar-refractivity contribution in [2.75, 3.05) is 19.9 Å². The molecule has 0 saturated heterocycles. The fraction of sp³-hybridized carbons (Fsp3) is 0.393. The molecule has 0 bridgehead atoms. The van der Waals surface area contributed by atoms with Crippen LogP contribution in [0.1, 0.15) is 55.5 Å². The molecule has 0 aliphatic carbocycles. The molecule has 188 valence electrons. The Morgan fingerprint density at radius 1 is 1.06 bits per heavy atom. The normalized spacial score (nSPS) is 14.3. The van der Waals surface area contributed by atoms with E-state index in [1.807, 2.05) is 60.9 Å². The van der Waals surface area contributed by atoms with Crippen LogP contribution in [0, 0.1) is 0 Å². The number of hydrogen-bond acceptors (Lipinski definition) is 6. The first-order valence-corrected chi connectivity index (χ1v) is 12.5. The standard InChI is InChI=1S/C28H31N3O5/c1-4-5-14-34-26-25-28(33)30(18(2)3)12-13-31(25)24(29-27(26)32)16-19-8-6-7-9-21(19)20-10-11-22-23(15-20)36-17-35-22/h6-11,15,18H,4-5,12-14,16-17H2,1-3H3. The van der Waals surface area contributed by atoms with Gasteiger partial charge in [-0.3, -0.25) is 9.59 Å². The van der Waals surface area contributed by atoms with Crippen molar-refractivity contribution < 1.29 is 19.0 Å². The monoisotopic (exact) mass is 489 g/mol. The first kappa shape index (κ1) is 23.9. The van der Waals surface area contributed by atoms with Crippen LogP contribution in [0.2, 0.25) is 0 Å². The molecular formula is C28H31N3O5. The average molecular weight is 490 g/mol. The number of unbranched alkanes of at least 4 members (excludes halogenated alkanes) is 1. The summed E-state index contributed by atoms with van der Waals surface area (Å²) in [5, 5.41) is 0. The van der Waals surface area contributed by atoms with Gasteiger partial charge >= 0.3 is 5.56 Å². The molecule has 0 fully saturated rings. The third-order valence-corrected chi connectivity index (χ3v) is 6.67. The summed E-state index contributed by atoms with van der Waals surface area (Å²) in [6, 6.07) is 13.9. The summed E-state index contributed by atoms with van der Waals surface area (Å²) >= 11 is 0. The molecule has 0 spiro atoms. The molecule has 1 aromatic heterocycles. The van der Waals surface area contributed by atoms with E-state index in [0.29, 0.717) is 43.4 Å². The fourth-order valence-electron chi connectivity index (χ4n) is 4.75. The van der Waals surface area contributed by atoms with Gasteiger partial charge in [-0.15, -0.1) is 0 Å². The van der Waals surface area contributed by atoms with E-state index in [0.717, 1.165) is 35.3 Å². The van der Waals surface area contributed by atoms with Gasteiger partial charge < -0.3 is 23.7 Å². The number of carbonyl (C=O) groups is 1. The Balaban J connectivity index is 1.56. The Hall–Kier alpha value is -3.81. The van der Waals surface area contributed by atoms with Crippen LogP contribution < -0.4 is 19.8 Å². The molecule has 8 nitrogen and oxygen atoms in total. The molecule has 0 unspecified atom stereocenters. The summed E-state index contributed by atoms with van der Waals surface area (Å²) in [7, 11) is 0. The Kier molecular flexibility index (Phi) is 6.67. The number of nitrogens with zero attached hydrogens (tertiary/aromatic N) is 3. The van der Waals surface area contributed by atoms with Gasteiger partial charge in [0.1, 0.15) is 5.82 Å². The molecule has 1 amide bonds. The van der Waals surface area contributed by atoms with Gasteiger partial charge in [-0.1, -0.05) is 43.7 Å². The van der Waals surface area contributed by atoms with E-state index in [1.54, 1.807) is 4.90 Å². The van der Waals surface area contributed by atoms with Gasteiger partial charge in [0.25, 0.3) is 5.91 Å². The molecule has 2 aliphatic heterocycles. The largest absolute Gasteiger partial charge is 0.486 e. The lowest BCUT2D eigenvalue weighted by Crippen LogP contribution is -2.46. The summed E-state index contributed by atoms with van der Waals surface area (Å²) in [5.41, 5.74) is 2.80. The average Bonchev–Trinajstić information content (AvgIpc) is 3.34. The number of benzene rings is 2. The van der Waals surface area contributed by atoms with Crippen molar-refractivity contribution in [2.24, 2.45) is 0 Å². The molecule has 0 radical (unpaired) electrons. The maximum atomic E-state index is 13.5. The third-order valence-electron chi connectivity index (χ3n) is 6.67. The van der Waals surface area contributed by atoms with E-state index in [4.69, 9.17) is 14.2 Å². The van der Waals surface area contributed by atoms with Crippen LogP contribution in [0.4, 0.5) is 0 Å². The Morgan fingerprint density at radius 3 is 2.67 bits per heavy atom. The minimum Gasteiger partial charge on any atom is -0.486 e. The van der Waals surface area contributed by atoms with E-state index in [9.17, 15) is 9.59 Å². The molecule has 5 rings (SSSR count). The summed E-state index contributed by atoms with van der Waals surface area (Å²) in [5.74, 6) is 1.87. The third kappa shape index (κ3) is 4.43. The quantitative estimate of drug-likeness (QED) is 0.440. The lowest BCUT2D eigenvalue weighted by molar-refractivity contribution is 0.0635. The van der Waals surface area contributed by atoms with Crippen molar-refractivity contribution >= 4 is 5.91 Å². The minimum absolute atomic E-state index is 0.0215. The highest BCUT2D eigenvalue weighted by molar-refractivity contribution is 5.96. The zero-order valence-corrected chi connectivity index (χ0v) is 21.0. The second-order valence-corrected chi connectivity index (χ2v) is 9.36. The van der Waals surface area contributed by atoms with Crippen LogP contribution >= 0.6 is 0 Å². The molecule has 0 N–H and O–H groups in total. The van der Waals surface area contributed by atoms with Crippen LogP contribution in [0.25, 0.3) is 11.1 Å². The lowest BCUT2D eigenvalue weighted by Gasteiger charge is -2.34. The minimum atomic E-state index is -0.494. The molecule has 3 aromatic rings. The number of ether oxygens (including phenoxy) is 3. The van der Waals surface area contributed by atoms with Crippen LogP contribution in [0.3, 0.4) is 0 Å². The van der Waals surface area contributed by atoms with Crippen molar-refractivity contribution in [3.63, 3.8) is 0 Å². The summed E-state index contributed by atoms with van der Waals surface area (Å²) < 4.78 is 18.7. The van der Waals surface area contributed by atoms with Crippen molar-refractivity contribution in [1.29, 1.82) is 0 Å². The zero-order valence-electron chi connectivity index (χ0n) is 21.0. The Morgan fingerprint density at radius 2 is 1.86 bits per heavy atom. The Labute approximate surface area is 210 Å². The van der Waals surface area contributed by atoms with E-state index in [2.05, 4.69) is 11.9 Å². The summed E-state index contributed by atoms with van der Waals surface area (Å²) in [4.78, 5) is 32.9. The number of aromatic nitrogens is 2. The maximum Gasteiger partial charge on any atom is 0.316 e. The van der Waals surface area contributed by atoms with Gasteiger partial charge in [0.2, 0.25) is 12.5 Å². The van der Waals surface area contributed by atoms with Crippen molar-refractivity contribution in [1.82, 2.24) is 14.5 Å². The number of rotatable bonds is 8. The van der Waals surface area contributed by atoms with Crippen LogP contribution in [0.15, 0.2) is 47.3 Å². The zero-order chi connectivity index (χ0) is 25.2. The molecule has 36 heavy (non-hydrogen) atoms. The first-order valence-electron chi connectivity index (χ1n) is 12.5. The molecule has 0 atom stereocenters. The predicted molar refractivity (Wildman–Crippen MR) is 136 cm³/mol. The van der Waals surface area contributed by atoms with Crippen molar-refractivity contribution in [3.05, 3.63) is 69.9 Å². The Bertz CT molecular complexity index is 1350. The van der Waals surface area contributed by atoms with Crippen LogP contribution in [0.5, 0.6) is 17.2 Å². The fourth-order valence-corrected chi connectivity index (χ4v) is 4.75. The SMILES string of the molecule is CCCCOc1c2n(c(Cc3ccccc3-c3ccc4c(c3)OCO4)nc1=O)CCN(C(C)C)C2=O.